The fraction of sp³-hybridized carbons (Fsp3) is 0.148. The van der Waals surface area contributed by atoms with Crippen molar-refractivity contribution in [2.45, 2.75) is 12.0 Å². The molecule has 3 aromatic carbocycles. The summed E-state index contributed by atoms with van der Waals surface area (Å²) in [6.07, 6.45) is 1.63. The third kappa shape index (κ3) is 4.63. The summed E-state index contributed by atoms with van der Waals surface area (Å²) < 4.78 is 18.6. The van der Waals surface area contributed by atoms with Crippen LogP contribution in [0.5, 0.6) is 17.2 Å². The van der Waals surface area contributed by atoms with Gasteiger partial charge in [-0.05, 0) is 66.7 Å². The van der Waals surface area contributed by atoms with Gasteiger partial charge < -0.3 is 14.2 Å². The van der Waals surface area contributed by atoms with Gasteiger partial charge in [-0.2, -0.15) is 10.4 Å². The molecule has 0 radical (unpaired) electrons. The summed E-state index contributed by atoms with van der Waals surface area (Å²) in [7, 11) is 1.43. The largest absolute Gasteiger partial charge is 0.467 e. The van der Waals surface area contributed by atoms with Crippen molar-refractivity contribution in [2.24, 2.45) is 0 Å². The zero-order chi connectivity index (χ0) is 26.7. The van der Waals surface area contributed by atoms with E-state index in [4.69, 9.17) is 19.5 Å². The van der Waals surface area contributed by atoms with Gasteiger partial charge in [-0.15, -0.1) is 0 Å². The second-order valence-electron chi connectivity index (χ2n) is 8.42. The minimum absolute atomic E-state index is 0.0560. The Morgan fingerprint density at radius 2 is 1.58 bits per heavy atom. The summed E-state index contributed by atoms with van der Waals surface area (Å²) >= 11 is 0. The molecule has 1 fully saturated rings. The van der Waals surface area contributed by atoms with Crippen LogP contribution < -0.4 is 20.1 Å². The normalized spacial score (nSPS) is 14.5. The molecule has 0 saturated carbocycles. The highest BCUT2D eigenvalue weighted by molar-refractivity contribution is 6.21. The number of nitrogens with one attached hydrogen (secondary N) is 2. The van der Waals surface area contributed by atoms with Gasteiger partial charge in [0, 0.05) is 18.9 Å². The van der Waals surface area contributed by atoms with Gasteiger partial charge in [0.25, 0.3) is 17.4 Å². The maximum Gasteiger partial charge on any atom is 0.328 e. The number of amides is 4. The van der Waals surface area contributed by atoms with Crippen molar-refractivity contribution in [1.82, 2.24) is 20.4 Å². The number of rotatable bonds is 8. The van der Waals surface area contributed by atoms with Crippen LogP contribution in [0.1, 0.15) is 12.0 Å². The third-order valence-corrected chi connectivity index (χ3v) is 5.98. The Hall–Kier alpha value is -5.21. The van der Waals surface area contributed by atoms with Crippen LogP contribution in [0.4, 0.5) is 4.79 Å². The summed E-state index contributed by atoms with van der Waals surface area (Å²) in [5, 5.41) is 18.4. The van der Waals surface area contributed by atoms with Gasteiger partial charge in [0.1, 0.15) is 17.2 Å². The molecule has 0 bridgehead atoms. The Morgan fingerprint density at radius 1 is 0.921 bits per heavy atom. The minimum Gasteiger partial charge on any atom is -0.467 e. The number of fused-ring (bicyclic) bond motifs is 1. The predicted molar refractivity (Wildman–Crippen MR) is 134 cm³/mol. The highest BCUT2D eigenvalue weighted by atomic mass is 16.5. The fourth-order valence-corrected chi connectivity index (χ4v) is 4.03. The molecule has 1 aliphatic rings. The molecule has 0 atom stereocenters. The lowest BCUT2D eigenvalue weighted by Crippen LogP contribution is -2.69. The van der Waals surface area contributed by atoms with Gasteiger partial charge in [0.05, 0.1) is 35.6 Å². The van der Waals surface area contributed by atoms with Crippen LogP contribution in [0.3, 0.4) is 0 Å². The highest BCUT2D eigenvalue weighted by Gasteiger charge is 2.52. The lowest BCUT2D eigenvalue weighted by Gasteiger charge is -2.34. The Balaban J connectivity index is 1.32. The number of nitrogens with zero attached hydrogens (tertiary/aromatic N) is 3. The minimum atomic E-state index is -1.95. The predicted octanol–water partition coefficient (Wildman–Crippen LogP) is 3.21. The average Bonchev–Trinajstić information content (AvgIpc) is 3.34. The van der Waals surface area contributed by atoms with E-state index in [-0.39, 0.29) is 18.8 Å². The molecule has 0 aliphatic carbocycles. The molecule has 11 heteroatoms. The van der Waals surface area contributed by atoms with Gasteiger partial charge >= 0.3 is 6.03 Å². The Labute approximate surface area is 216 Å². The van der Waals surface area contributed by atoms with Crippen molar-refractivity contribution in [3.63, 3.8) is 0 Å². The van der Waals surface area contributed by atoms with Crippen LogP contribution in [0.25, 0.3) is 16.6 Å². The first-order valence-corrected chi connectivity index (χ1v) is 11.5. The summed E-state index contributed by atoms with van der Waals surface area (Å²) in [5.41, 5.74) is 0.320. The molecule has 190 valence electrons. The van der Waals surface area contributed by atoms with Gasteiger partial charge in [0.2, 0.25) is 0 Å². The lowest BCUT2D eigenvalue weighted by atomic mass is 9.95. The second kappa shape index (κ2) is 10.0. The third-order valence-electron chi connectivity index (χ3n) is 5.98. The molecule has 2 heterocycles. The maximum atomic E-state index is 12.6. The number of urea groups is 1. The quantitative estimate of drug-likeness (QED) is 0.343. The first-order valence-electron chi connectivity index (χ1n) is 11.5. The molecule has 1 saturated heterocycles. The van der Waals surface area contributed by atoms with Crippen molar-refractivity contribution < 1.29 is 28.6 Å². The van der Waals surface area contributed by atoms with Crippen LogP contribution in [-0.4, -0.2) is 46.9 Å². The van der Waals surface area contributed by atoms with E-state index < -0.39 is 23.4 Å². The number of aromatic nitrogens is 2. The van der Waals surface area contributed by atoms with E-state index >= 15 is 0 Å². The van der Waals surface area contributed by atoms with Crippen LogP contribution in [0.15, 0.2) is 72.9 Å². The van der Waals surface area contributed by atoms with Crippen LogP contribution in [-0.2, 0) is 14.3 Å². The van der Waals surface area contributed by atoms with Crippen molar-refractivity contribution in [3.05, 3.63) is 78.5 Å². The first-order chi connectivity index (χ1) is 18.4. The number of carbonyl (C=O) groups excluding carboxylic acids is 3. The average molecular weight is 511 g/mol. The molecule has 5 rings (SSSR count). The van der Waals surface area contributed by atoms with Gasteiger partial charge in [-0.1, -0.05) is 0 Å². The molecule has 2 N–H and O–H groups in total. The molecular formula is C27H21N5O6. The van der Waals surface area contributed by atoms with Crippen LogP contribution >= 0.6 is 0 Å². The molecule has 1 aliphatic heterocycles. The van der Waals surface area contributed by atoms with E-state index in [1.54, 1.807) is 47.3 Å². The number of benzene rings is 3. The summed E-state index contributed by atoms with van der Waals surface area (Å²) in [4.78, 5) is 36.6. The summed E-state index contributed by atoms with van der Waals surface area (Å²) in [6.45, 7) is 0.0560. The number of carbonyl (C=O) groups is 3. The van der Waals surface area contributed by atoms with Crippen molar-refractivity contribution in [1.29, 1.82) is 5.26 Å². The Kier molecular flexibility index (Phi) is 6.47. The van der Waals surface area contributed by atoms with Crippen molar-refractivity contribution in [2.75, 3.05) is 13.7 Å². The number of hydrogen-bond acceptors (Lipinski definition) is 8. The first kappa shape index (κ1) is 24.5. The summed E-state index contributed by atoms with van der Waals surface area (Å²) in [5.74, 6) is -0.425. The van der Waals surface area contributed by atoms with E-state index in [0.717, 1.165) is 16.6 Å². The van der Waals surface area contributed by atoms with Crippen LogP contribution in [0, 0.1) is 11.3 Å². The summed E-state index contributed by atoms with van der Waals surface area (Å²) in [6, 6.07) is 20.2. The van der Waals surface area contributed by atoms with Crippen molar-refractivity contribution in [3.8, 4) is 29.0 Å². The molecule has 4 amide bonds. The molecule has 38 heavy (non-hydrogen) atoms. The van der Waals surface area contributed by atoms with E-state index in [1.807, 2.05) is 30.3 Å². The Morgan fingerprint density at radius 3 is 2.24 bits per heavy atom. The van der Waals surface area contributed by atoms with Gasteiger partial charge in [-0.25, -0.2) is 9.48 Å². The lowest BCUT2D eigenvalue weighted by molar-refractivity contribution is -0.153. The number of methoxy groups -OCH3 is 1. The SMILES string of the molecule is COCCC1(Oc2ccc(Oc3ccc4c(cnn4-c4ccc(C#N)cc4)c3)cc2)C(=O)NC(=O)NC1=O. The van der Waals surface area contributed by atoms with Crippen molar-refractivity contribution >= 4 is 28.7 Å². The highest BCUT2D eigenvalue weighted by Crippen LogP contribution is 2.30. The van der Waals surface area contributed by atoms with E-state index in [0.29, 0.717) is 17.1 Å². The topological polar surface area (TPSA) is 145 Å². The second-order valence-corrected chi connectivity index (χ2v) is 8.42. The van der Waals surface area contributed by atoms with Gasteiger partial charge in [-0.3, -0.25) is 20.2 Å². The maximum absolute atomic E-state index is 12.6. The van der Waals surface area contributed by atoms with Gasteiger partial charge in [0.15, 0.2) is 0 Å². The number of ether oxygens (including phenoxy) is 3. The zero-order valence-electron chi connectivity index (χ0n) is 20.1. The standard InChI is InChI=1S/C27H21N5O6/c1-36-13-12-27(24(33)30-26(35)31-25(27)34)38-21-8-6-20(7-9-21)37-22-10-11-23-18(14-22)16-29-32(23)19-4-2-17(15-28)3-5-19/h2-11,14,16H,12-13H2,1H3,(H2,30,31,33,34,35). The van der Waals surface area contributed by atoms with Crippen LogP contribution in [0.2, 0.25) is 0 Å². The van der Waals surface area contributed by atoms with E-state index in [9.17, 15) is 14.4 Å². The molecule has 4 aromatic rings. The number of imide groups is 2. The zero-order valence-corrected chi connectivity index (χ0v) is 20.1. The number of hydrogen-bond donors (Lipinski definition) is 2. The number of barbiturate groups is 1. The molecule has 11 nitrogen and oxygen atoms in total. The molecule has 0 spiro atoms. The monoisotopic (exact) mass is 511 g/mol. The Bertz CT molecular complexity index is 1550. The molecule has 0 unspecified atom stereocenters. The molecule has 1 aromatic heterocycles. The number of nitriles is 1. The molecular weight excluding hydrogens is 490 g/mol. The fourth-order valence-electron chi connectivity index (χ4n) is 4.03. The smallest absolute Gasteiger partial charge is 0.328 e. The van der Waals surface area contributed by atoms with E-state index in [1.165, 1.54) is 7.11 Å². The van der Waals surface area contributed by atoms with E-state index in [2.05, 4.69) is 21.8 Å².